The van der Waals surface area contributed by atoms with Gasteiger partial charge in [-0.25, -0.2) is 4.79 Å². The molecule has 0 aromatic heterocycles. The minimum atomic E-state index is -4.92. The maximum atomic E-state index is 13.7. The second-order valence-electron chi connectivity index (χ2n) is 5.62. The summed E-state index contributed by atoms with van der Waals surface area (Å²) in [5, 5.41) is 10.5. The molecule has 2 aromatic carbocycles. The lowest BCUT2D eigenvalue weighted by molar-refractivity contribution is -0.246. The summed E-state index contributed by atoms with van der Waals surface area (Å²) in [4.78, 5) is 12.2. The van der Waals surface area contributed by atoms with Crippen molar-refractivity contribution in [1.29, 1.82) is 0 Å². The fourth-order valence-electron chi connectivity index (χ4n) is 3.05. The molecular formula is C18H15F3O3. The first kappa shape index (κ1) is 16.5. The number of esters is 1. The van der Waals surface area contributed by atoms with Crippen LogP contribution in [-0.4, -0.2) is 23.9 Å². The third-order valence-corrected chi connectivity index (χ3v) is 4.11. The summed E-state index contributed by atoms with van der Waals surface area (Å²) < 4.78 is 46.1. The molecule has 1 aliphatic rings. The Bertz CT molecular complexity index is 798. The summed E-state index contributed by atoms with van der Waals surface area (Å²) in [6.45, 7) is 1.99. The predicted octanol–water partition coefficient (Wildman–Crippen LogP) is 4.03. The lowest BCUT2D eigenvalue weighted by Crippen LogP contribution is -2.41. The third kappa shape index (κ3) is 2.21. The molecule has 2 aromatic rings. The largest absolute Gasteiger partial charge is 0.462 e. The number of rotatable bonds is 3. The average Bonchev–Trinajstić information content (AvgIpc) is 2.83. The van der Waals surface area contributed by atoms with E-state index in [1.165, 1.54) is 36.4 Å². The molecule has 6 heteroatoms. The molecule has 3 nitrogen and oxygen atoms in total. The Balaban J connectivity index is 2.27. The van der Waals surface area contributed by atoms with Gasteiger partial charge in [-0.1, -0.05) is 43.3 Å². The molecule has 126 valence electrons. The number of aliphatic hydroxyl groups is 1. The molecule has 0 spiro atoms. The molecule has 0 saturated heterocycles. The van der Waals surface area contributed by atoms with Crippen molar-refractivity contribution < 1.29 is 27.8 Å². The van der Waals surface area contributed by atoms with Gasteiger partial charge in [-0.05, 0) is 18.1 Å². The van der Waals surface area contributed by atoms with E-state index in [1.54, 1.807) is 6.07 Å². The van der Waals surface area contributed by atoms with Gasteiger partial charge in [-0.3, -0.25) is 0 Å². The van der Waals surface area contributed by atoms with Crippen molar-refractivity contribution in [2.75, 3.05) is 6.61 Å². The van der Waals surface area contributed by atoms with Crippen molar-refractivity contribution in [1.82, 2.24) is 0 Å². The highest BCUT2D eigenvalue weighted by molar-refractivity contribution is 6.01. The highest BCUT2D eigenvalue weighted by atomic mass is 19.4. The molecule has 0 aliphatic heterocycles. The van der Waals surface area contributed by atoms with E-state index < -0.39 is 17.7 Å². The fourth-order valence-corrected chi connectivity index (χ4v) is 3.05. The first-order valence-corrected chi connectivity index (χ1v) is 7.52. The predicted molar refractivity (Wildman–Crippen MR) is 81.5 cm³/mol. The quantitative estimate of drug-likeness (QED) is 0.861. The lowest BCUT2D eigenvalue weighted by atomic mass is 9.90. The molecule has 0 fully saturated rings. The van der Waals surface area contributed by atoms with Gasteiger partial charge in [0.1, 0.15) is 0 Å². The Hall–Kier alpha value is -2.34. The summed E-state index contributed by atoms with van der Waals surface area (Å²) in [7, 11) is 0. The third-order valence-electron chi connectivity index (χ3n) is 4.11. The lowest BCUT2D eigenvalue weighted by Gasteiger charge is -2.28. The first-order valence-electron chi connectivity index (χ1n) is 7.52. The standard InChI is InChI=1S/C18H15F3O3/c1-2-10-24-16(22)12-7-5-9-14-15(12)11-6-3-4-8-13(11)17(14,23)18(19,20)21/h3-9,23H,2,10H2,1H3. The molecule has 1 N–H and O–H groups in total. The van der Waals surface area contributed by atoms with Crippen LogP contribution >= 0.6 is 0 Å². The maximum Gasteiger partial charge on any atom is 0.425 e. The minimum Gasteiger partial charge on any atom is -0.462 e. The number of alkyl halides is 3. The Morgan fingerprint density at radius 3 is 2.46 bits per heavy atom. The van der Waals surface area contributed by atoms with Crippen LogP contribution in [0.4, 0.5) is 13.2 Å². The second-order valence-corrected chi connectivity index (χ2v) is 5.62. The minimum absolute atomic E-state index is 0.0218. The number of carbonyl (C=O) groups is 1. The Labute approximate surface area is 136 Å². The van der Waals surface area contributed by atoms with Gasteiger partial charge in [-0.2, -0.15) is 13.2 Å². The maximum absolute atomic E-state index is 13.7. The van der Waals surface area contributed by atoms with Gasteiger partial charge in [0.05, 0.1) is 12.2 Å². The van der Waals surface area contributed by atoms with Crippen LogP contribution < -0.4 is 0 Å². The molecular weight excluding hydrogens is 321 g/mol. The van der Waals surface area contributed by atoms with Crippen molar-refractivity contribution in [3.63, 3.8) is 0 Å². The highest BCUT2D eigenvalue weighted by Gasteiger charge is 2.61. The SMILES string of the molecule is CCCOC(=O)c1cccc2c1-c1ccccc1C2(O)C(F)(F)F. The molecule has 0 heterocycles. The van der Waals surface area contributed by atoms with E-state index in [1.807, 2.05) is 6.92 Å². The first-order chi connectivity index (χ1) is 11.3. The molecule has 1 unspecified atom stereocenters. The summed E-state index contributed by atoms with van der Waals surface area (Å²) >= 11 is 0. The van der Waals surface area contributed by atoms with Gasteiger partial charge in [0.2, 0.25) is 5.60 Å². The van der Waals surface area contributed by atoms with Gasteiger partial charge in [0.25, 0.3) is 0 Å². The topological polar surface area (TPSA) is 46.5 Å². The van der Waals surface area contributed by atoms with Crippen molar-refractivity contribution in [2.24, 2.45) is 0 Å². The number of halogens is 3. The Kier molecular flexibility index (Phi) is 3.87. The van der Waals surface area contributed by atoms with Crippen molar-refractivity contribution in [3.8, 4) is 11.1 Å². The van der Waals surface area contributed by atoms with E-state index >= 15 is 0 Å². The Morgan fingerprint density at radius 1 is 1.12 bits per heavy atom. The molecule has 0 amide bonds. The van der Waals surface area contributed by atoms with Crippen LogP contribution in [0, 0.1) is 0 Å². The number of hydrogen-bond acceptors (Lipinski definition) is 3. The van der Waals surface area contributed by atoms with Crippen LogP contribution in [0.2, 0.25) is 0 Å². The van der Waals surface area contributed by atoms with Gasteiger partial charge in [0.15, 0.2) is 0 Å². The summed E-state index contributed by atoms with van der Waals surface area (Å²) in [6, 6.07) is 9.62. The smallest absolute Gasteiger partial charge is 0.425 e. The molecule has 0 radical (unpaired) electrons. The van der Waals surface area contributed by atoms with Gasteiger partial charge >= 0.3 is 12.1 Å². The monoisotopic (exact) mass is 336 g/mol. The van der Waals surface area contributed by atoms with Gasteiger partial charge in [-0.15, -0.1) is 0 Å². The molecule has 1 aliphatic carbocycles. The fraction of sp³-hybridized carbons (Fsp3) is 0.278. The van der Waals surface area contributed by atoms with Crippen LogP contribution in [-0.2, 0) is 10.3 Å². The molecule has 0 bridgehead atoms. The summed E-state index contributed by atoms with van der Waals surface area (Å²) in [6.07, 6.45) is -4.32. The summed E-state index contributed by atoms with van der Waals surface area (Å²) in [5.74, 6) is -0.699. The van der Waals surface area contributed by atoms with Gasteiger partial charge < -0.3 is 9.84 Å². The number of benzene rings is 2. The van der Waals surface area contributed by atoms with E-state index in [-0.39, 0.29) is 34.4 Å². The number of carbonyl (C=O) groups excluding carboxylic acids is 1. The number of fused-ring (bicyclic) bond motifs is 3. The number of ether oxygens (including phenoxy) is 1. The van der Waals surface area contributed by atoms with Crippen molar-refractivity contribution >= 4 is 5.97 Å². The molecule has 3 rings (SSSR count). The van der Waals surface area contributed by atoms with Crippen LogP contribution in [0.5, 0.6) is 0 Å². The van der Waals surface area contributed by atoms with E-state index in [9.17, 15) is 23.1 Å². The zero-order chi connectivity index (χ0) is 17.5. The Morgan fingerprint density at radius 2 is 1.79 bits per heavy atom. The van der Waals surface area contributed by atoms with Crippen LogP contribution in [0.3, 0.4) is 0 Å². The highest BCUT2D eigenvalue weighted by Crippen LogP contribution is 2.55. The van der Waals surface area contributed by atoms with Crippen molar-refractivity contribution in [3.05, 3.63) is 59.2 Å². The normalized spacial score (nSPS) is 18.9. The summed E-state index contributed by atoms with van der Waals surface area (Å²) in [5.41, 5.74) is -3.47. The zero-order valence-corrected chi connectivity index (χ0v) is 12.9. The molecule has 24 heavy (non-hydrogen) atoms. The van der Waals surface area contributed by atoms with E-state index in [0.717, 1.165) is 0 Å². The average molecular weight is 336 g/mol. The van der Waals surface area contributed by atoms with E-state index in [4.69, 9.17) is 4.74 Å². The van der Waals surface area contributed by atoms with Crippen LogP contribution in [0.15, 0.2) is 42.5 Å². The molecule has 1 atom stereocenters. The zero-order valence-electron chi connectivity index (χ0n) is 12.9. The van der Waals surface area contributed by atoms with Crippen LogP contribution in [0.1, 0.15) is 34.8 Å². The van der Waals surface area contributed by atoms with Crippen LogP contribution in [0.25, 0.3) is 11.1 Å². The van der Waals surface area contributed by atoms with Crippen molar-refractivity contribution in [2.45, 2.75) is 25.1 Å². The van der Waals surface area contributed by atoms with E-state index in [2.05, 4.69) is 0 Å². The van der Waals surface area contributed by atoms with E-state index in [0.29, 0.717) is 6.42 Å². The number of hydrogen-bond donors (Lipinski definition) is 1. The van der Waals surface area contributed by atoms with Gasteiger partial charge in [0, 0.05) is 16.7 Å². The molecule has 0 saturated carbocycles. The second kappa shape index (κ2) is 5.63.